The molecule has 0 saturated carbocycles. The summed E-state index contributed by atoms with van der Waals surface area (Å²) in [5.74, 6) is 0.792. The van der Waals surface area contributed by atoms with Gasteiger partial charge < -0.3 is 4.84 Å². The predicted octanol–water partition coefficient (Wildman–Crippen LogP) is 0.350. The van der Waals surface area contributed by atoms with Crippen molar-refractivity contribution < 1.29 is 4.84 Å². The van der Waals surface area contributed by atoms with Crippen LogP contribution < -0.4 is 0 Å². The van der Waals surface area contributed by atoms with E-state index >= 15 is 0 Å². The highest BCUT2D eigenvalue weighted by Gasteiger charge is 2.00. The van der Waals surface area contributed by atoms with Gasteiger partial charge in [0.05, 0.1) is 0 Å². The Morgan fingerprint density at radius 1 is 2.00 bits per heavy atom. The molecule has 0 aliphatic carbocycles. The van der Waals surface area contributed by atoms with E-state index in [0.717, 1.165) is 5.90 Å². The molecule has 2 nitrogen and oxygen atoms in total. The van der Waals surface area contributed by atoms with Crippen LogP contribution in [0, 0.1) is 0 Å². The molecular weight excluding hydrogens is 54.0 g/mol. The van der Waals surface area contributed by atoms with E-state index < -0.39 is 0 Å². The maximum absolute atomic E-state index is 4.25. The van der Waals surface area contributed by atoms with Crippen molar-refractivity contribution >= 4 is 5.90 Å². The molecule has 0 radical (unpaired) electrons. The van der Waals surface area contributed by atoms with Gasteiger partial charge in [0.25, 0.3) is 5.90 Å². The molecule has 1 heterocycles. The smallest absolute Gasteiger partial charge is 0.258 e. The van der Waals surface area contributed by atoms with Gasteiger partial charge in [0.15, 0.2) is 0 Å². The molecule has 1 aliphatic rings. The molecule has 0 saturated heterocycles. The maximum atomic E-state index is 4.25. The first-order valence-corrected chi connectivity index (χ1v) is 1.11. The predicted molar refractivity (Wildman–Crippen MR) is 14.2 cm³/mol. The summed E-state index contributed by atoms with van der Waals surface area (Å²) in [6, 6.07) is 0. The second kappa shape index (κ2) is 0.267. The van der Waals surface area contributed by atoms with Gasteiger partial charge in [0.2, 0.25) is 0 Å². The second-order valence-corrected chi connectivity index (χ2v) is 0.702. The Morgan fingerprint density at radius 3 is 2.25 bits per heavy atom. The number of oxime groups is 1. The largest absolute Gasteiger partial charge is 0.335 e. The molecule has 4 heavy (non-hydrogen) atoms. The number of nitrogens with zero attached hydrogens (tertiary/aromatic N) is 1. The summed E-state index contributed by atoms with van der Waals surface area (Å²) in [4.78, 5) is 4.25. The molecule has 0 unspecified atom stereocenters. The lowest BCUT2D eigenvalue weighted by Crippen LogP contribution is -1.55. The third-order valence-corrected chi connectivity index (χ3v) is 0.274. The van der Waals surface area contributed by atoms with E-state index in [0.29, 0.717) is 0 Å². The van der Waals surface area contributed by atoms with Gasteiger partial charge in [-0.3, -0.25) is 0 Å². The van der Waals surface area contributed by atoms with Crippen LogP contribution >= 0.6 is 0 Å². The summed E-state index contributed by atoms with van der Waals surface area (Å²) < 4.78 is 0. The first-order chi connectivity index (χ1) is 1.89. The lowest BCUT2D eigenvalue weighted by molar-refractivity contribution is 0.467. The zero-order chi connectivity index (χ0) is 2.99. The quantitative estimate of drug-likeness (QED) is 0.393. The van der Waals surface area contributed by atoms with Crippen LogP contribution in [0.4, 0.5) is 0 Å². The molecule has 1 aliphatic heterocycles. The van der Waals surface area contributed by atoms with Crippen molar-refractivity contribution in [3.05, 3.63) is 0 Å². The van der Waals surface area contributed by atoms with Crippen LogP contribution in [-0.4, -0.2) is 5.90 Å². The molecule has 0 atom stereocenters. The molecule has 0 bridgehead atoms. The van der Waals surface area contributed by atoms with Crippen LogP contribution in [0.5, 0.6) is 0 Å². The van der Waals surface area contributed by atoms with Gasteiger partial charge in [-0.05, 0) is 5.16 Å². The van der Waals surface area contributed by atoms with E-state index in [1.54, 1.807) is 6.92 Å². The molecule has 0 aromatic rings. The Bertz CT molecular complexity index is 57.1. The first-order valence-electron chi connectivity index (χ1n) is 1.11. The summed E-state index contributed by atoms with van der Waals surface area (Å²) >= 11 is 0. The molecule has 1 rings (SSSR count). The second-order valence-electron chi connectivity index (χ2n) is 0.702. The summed E-state index contributed by atoms with van der Waals surface area (Å²) in [6.45, 7) is 1.81. The highest BCUT2D eigenvalue weighted by Crippen LogP contribution is 1.94. The van der Waals surface area contributed by atoms with Crippen molar-refractivity contribution in [2.75, 3.05) is 0 Å². The van der Waals surface area contributed by atoms with Crippen molar-refractivity contribution in [1.29, 1.82) is 0 Å². The minimum absolute atomic E-state index is 0.792. The van der Waals surface area contributed by atoms with Gasteiger partial charge >= 0.3 is 0 Å². The standard InChI is InChI=1S/C2H3NO/c1-2-3-4-2/h1H3. The van der Waals surface area contributed by atoms with E-state index in [9.17, 15) is 0 Å². The number of hydrogen-bond acceptors (Lipinski definition) is 2. The average Bonchev–Trinajstić information content (AvgIpc) is 1.75. The van der Waals surface area contributed by atoms with Gasteiger partial charge in [0, 0.05) is 6.92 Å². The Morgan fingerprint density at radius 2 is 2.25 bits per heavy atom. The van der Waals surface area contributed by atoms with Crippen molar-refractivity contribution in [2.24, 2.45) is 5.16 Å². The lowest BCUT2D eigenvalue weighted by Gasteiger charge is -1.43. The number of rotatable bonds is 0. The summed E-state index contributed by atoms with van der Waals surface area (Å²) in [7, 11) is 0. The molecule has 0 spiro atoms. The molecule has 2 heteroatoms. The molecule has 22 valence electrons. The Labute approximate surface area is 24.1 Å². The van der Waals surface area contributed by atoms with Crippen LogP contribution in [0.1, 0.15) is 6.92 Å². The van der Waals surface area contributed by atoms with Crippen molar-refractivity contribution in [3.63, 3.8) is 0 Å². The Hall–Kier alpha value is -0.530. The van der Waals surface area contributed by atoms with Crippen LogP contribution in [0.25, 0.3) is 0 Å². The van der Waals surface area contributed by atoms with E-state index in [2.05, 4.69) is 9.99 Å². The van der Waals surface area contributed by atoms with Crippen LogP contribution in [-0.2, 0) is 4.84 Å². The number of hydrogen-bond donors (Lipinski definition) is 0. The fourth-order valence-corrected chi connectivity index (χ4v) is 0.0456. The summed E-state index contributed by atoms with van der Waals surface area (Å²) in [5.41, 5.74) is 0. The first kappa shape index (κ1) is 1.76. The van der Waals surface area contributed by atoms with Crippen molar-refractivity contribution in [1.82, 2.24) is 0 Å². The van der Waals surface area contributed by atoms with Crippen molar-refractivity contribution in [2.45, 2.75) is 6.92 Å². The van der Waals surface area contributed by atoms with Gasteiger partial charge in [0.1, 0.15) is 0 Å². The van der Waals surface area contributed by atoms with Crippen molar-refractivity contribution in [3.8, 4) is 0 Å². The molecule has 0 aromatic heterocycles. The van der Waals surface area contributed by atoms with Crippen LogP contribution in [0.2, 0.25) is 0 Å². The SMILES string of the molecule is CC1=NO1. The monoisotopic (exact) mass is 57.0 g/mol. The van der Waals surface area contributed by atoms with Crippen LogP contribution in [0.15, 0.2) is 5.16 Å². The molecule has 0 aromatic carbocycles. The van der Waals surface area contributed by atoms with Crippen LogP contribution in [0.3, 0.4) is 0 Å². The van der Waals surface area contributed by atoms with E-state index in [-0.39, 0.29) is 0 Å². The topological polar surface area (TPSA) is 24.9 Å². The Kier molecular flexibility index (Phi) is 0.117. The minimum Gasteiger partial charge on any atom is -0.335 e. The third-order valence-electron chi connectivity index (χ3n) is 0.274. The van der Waals surface area contributed by atoms with E-state index in [4.69, 9.17) is 0 Å². The Balaban J connectivity index is 2.54. The van der Waals surface area contributed by atoms with E-state index in [1.807, 2.05) is 0 Å². The lowest BCUT2D eigenvalue weighted by atomic mass is 10.9. The summed E-state index contributed by atoms with van der Waals surface area (Å²) in [6.07, 6.45) is 0. The highest BCUT2D eigenvalue weighted by atomic mass is 16.7. The van der Waals surface area contributed by atoms with Gasteiger partial charge in [-0.2, -0.15) is 0 Å². The molecule has 0 N–H and O–H groups in total. The fraction of sp³-hybridized carbons (Fsp3) is 0.500. The fourth-order valence-electron chi connectivity index (χ4n) is 0.0456. The third kappa shape index (κ3) is 0.0532. The van der Waals surface area contributed by atoms with Gasteiger partial charge in [-0.15, -0.1) is 0 Å². The maximum Gasteiger partial charge on any atom is 0.258 e. The zero-order valence-corrected chi connectivity index (χ0v) is 2.36. The normalized spacial score (nSPS) is 17.8. The molecule has 0 fully saturated rings. The zero-order valence-electron chi connectivity index (χ0n) is 2.36. The van der Waals surface area contributed by atoms with E-state index in [1.165, 1.54) is 0 Å². The average molecular weight is 57.1 g/mol. The summed E-state index contributed by atoms with van der Waals surface area (Å²) in [5, 5.41) is 3.32. The highest BCUT2D eigenvalue weighted by molar-refractivity contribution is 5.79. The van der Waals surface area contributed by atoms with Gasteiger partial charge in [-0.25, -0.2) is 0 Å². The minimum atomic E-state index is 0.792. The molecule has 0 amide bonds. The molecular formula is C2H3NO. The van der Waals surface area contributed by atoms with Gasteiger partial charge in [-0.1, -0.05) is 0 Å².